The molecule has 0 aliphatic rings. The molecule has 0 saturated carbocycles. The lowest BCUT2D eigenvalue weighted by Gasteiger charge is -2.08. The monoisotopic (exact) mass is 372 g/mol. The molecule has 3 aromatic rings. The van der Waals surface area contributed by atoms with E-state index < -0.39 is 22.1 Å². The minimum Gasteiger partial charge on any atom is -0.324 e. The number of hydrogen-bond acceptors (Lipinski definition) is 6. The van der Waals surface area contributed by atoms with Crippen LogP contribution < -0.4 is 16.6 Å². The minimum atomic E-state index is -0.565. The smallest absolute Gasteiger partial charge is 0.324 e. The van der Waals surface area contributed by atoms with Crippen molar-refractivity contribution in [2.45, 2.75) is 13.5 Å². The third-order valence-electron chi connectivity index (χ3n) is 4.22. The molecule has 0 fully saturated rings. The van der Waals surface area contributed by atoms with Crippen molar-refractivity contribution in [3.63, 3.8) is 0 Å². The van der Waals surface area contributed by atoms with Gasteiger partial charge in [-0.2, -0.15) is 0 Å². The topological polar surface area (TPSA) is 134 Å². The van der Waals surface area contributed by atoms with Crippen molar-refractivity contribution in [1.29, 1.82) is 0 Å². The normalized spacial score (nSPS) is 10.9. The van der Waals surface area contributed by atoms with Crippen LogP contribution in [0.2, 0.25) is 0 Å². The molecule has 2 heterocycles. The first-order valence-corrected chi connectivity index (χ1v) is 7.86. The van der Waals surface area contributed by atoms with Gasteiger partial charge in [0.25, 0.3) is 11.2 Å². The zero-order valence-electron chi connectivity index (χ0n) is 14.8. The van der Waals surface area contributed by atoms with Gasteiger partial charge in [-0.25, -0.2) is 9.78 Å². The Balaban J connectivity index is 1.92. The average Bonchev–Trinajstić information content (AvgIpc) is 3.03. The SMILES string of the molecule is Cc1ccc(NC(=O)Cn2cnc3c2c(=O)n(C)c(=O)n3C)cc1[N+](=O)[O-]. The Hall–Kier alpha value is -3.76. The number of fused-ring (bicyclic) bond motifs is 1. The number of rotatable bonds is 4. The standard InChI is InChI=1S/C16H16N6O5/c1-9-4-5-10(6-11(9)22(26)27)18-12(23)7-21-8-17-14-13(21)15(24)20(3)16(25)19(14)2/h4-6,8H,7H2,1-3H3,(H,18,23). The van der Waals surface area contributed by atoms with E-state index in [2.05, 4.69) is 10.3 Å². The number of benzene rings is 1. The Kier molecular flexibility index (Phi) is 4.35. The summed E-state index contributed by atoms with van der Waals surface area (Å²) in [5.41, 5.74) is -0.167. The minimum absolute atomic E-state index is 0.107. The summed E-state index contributed by atoms with van der Waals surface area (Å²) in [5.74, 6) is -0.497. The summed E-state index contributed by atoms with van der Waals surface area (Å²) in [6, 6.07) is 4.35. The van der Waals surface area contributed by atoms with Crippen molar-refractivity contribution >= 4 is 28.4 Å². The van der Waals surface area contributed by atoms with Crippen LogP contribution in [0.5, 0.6) is 0 Å². The molecule has 140 valence electrons. The van der Waals surface area contributed by atoms with Crippen molar-refractivity contribution < 1.29 is 9.72 Å². The third-order valence-corrected chi connectivity index (χ3v) is 4.22. The molecule has 2 aromatic heterocycles. The first-order chi connectivity index (χ1) is 12.7. The first-order valence-electron chi connectivity index (χ1n) is 7.86. The van der Waals surface area contributed by atoms with Gasteiger partial charge in [-0.1, -0.05) is 6.07 Å². The molecule has 0 atom stereocenters. The van der Waals surface area contributed by atoms with Gasteiger partial charge in [0.1, 0.15) is 6.54 Å². The number of aryl methyl sites for hydroxylation is 2. The highest BCUT2D eigenvalue weighted by Gasteiger charge is 2.17. The van der Waals surface area contributed by atoms with Crippen LogP contribution in [-0.2, 0) is 25.4 Å². The van der Waals surface area contributed by atoms with Crippen molar-refractivity contribution in [2.24, 2.45) is 14.1 Å². The number of carbonyl (C=O) groups is 1. The van der Waals surface area contributed by atoms with Crippen molar-refractivity contribution in [1.82, 2.24) is 18.7 Å². The van der Waals surface area contributed by atoms with Crippen LogP contribution in [0.1, 0.15) is 5.56 Å². The molecule has 0 aliphatic heterocycles. The van der Waals surface area contributed by atoms with Gasteiger partial charge in [-0.15, -0.1) is 0 Å². The van der Waals surface area contributed by atoms with E-state index in [0.717, 1.165) is 4.57 Å². The largest absolute Gasteiger partial charge is 0.332 e. The summed E-state index contributed by atoms with van der Waals surface area (Å²) in [7, 11) is 2.82. The predicted molar refractivity (Wildman–Crippen MR) is 96.7 cm³/mol. The number of carbonyl (C=O) groups excluding carboxylic acids is 1. The van der Waals surface area contributed by atoms with Gasteiger partial charge in [0.2, 0.25) is 5.91 Å². The molecule has 11 nitrogen and oxygen atoms in total. The second kappa shape index (κ2) is 6.52. The van der Waals surface area contributed by atoms with E-state index in [4.69, 9.17) is 0 Å². The summed E-state index contributed by atoms with van der Waals surface area (Å²) in [5, 5.41) is 13.6. The summed E-state index contributed by atoms with van der Waals surface area (Å²) in [4.78, 5) is 51.1. The van der Waals surface area contributed by atoms with Crippen molar-refractivity contribution in [3.05, 3.63) is 61.0 Å². The number of nitro groups is 1. The van der Waals surface area contributed by atoms with Crippen LogP contribution in [0.3, 0.4) is 0 Å². The molecular formula is C16H16N6O5. The molecule has 0 radical (unpaired) electrons. The fraction of sp³-hybridized carbons (Fsp3) is 0.250. The maximum Gasteiger partial charge on any atom is 0.332 e. The van der Waals surface area contributed by atoms with Crippen molar-refractivity contribution in [3.8, 4) is 0 Å². The number of aromatic nitrogens is 4. The Bertz CT molecular complexity index is 1200. The van der Waals surface area contributed by atoms with Gasteiger partial charge in [-0.3, -0.25) is 28.8 Å². The zero-order chi connectivity index (χ0) is 19.9. The molecule has 0 aliphatic carbocycles. The number of hydrogen-bond donors (Lipinski definition) is 1. The molecule has 1 N–H and O–H groups in total. The third kappa shape index (κ3) is 3.10. The van der Waals surface area contributed by atoms with Crippen LogP contribution in [0.25, 0.3) is 11.2 Å². The van der Waals surface area contributed by atoms with E-state index in [9.17, 15) is 24.5 Å². The lowest BCUT2D eigenvalue weighted by atomic mass is 10.2. The lowest BCUT2D eigenvalue weighted by Crippen LogP contribution is -2.37. The highest BCUT2D eigenvalue weighted by molar-refractivity contribution is 5.91. The van der Waals surface area contributed by atoms with E-state index in [-0.39, 0.29) is 29.1 Å². The average molecular weight is 372 g/mol. The van der Waals surface area contributed by atoms with E-state index in [0.29, 0.717) is 5.56 Å². The lowest BCUT2D eigenvalue weighted by molar-refractivity contribution is -0.385. The van der Waals surface area contributed by atoms with E-state index >= 15 is 0 Å². The first kappa shape index (κ1) is 18.0. The highest BCUT2D eigenvalue weighted by Crippen LogP contribution is 2.22. The van der Waals surface area contributed by atoms with E-state index in [1.807, 2.05) is 0 Å². The summed E-state index contributed by atoms with van der Waals surface area (Å²) < 4.78 is 3.48. The molecule has 1 aromatic carbocycles. The second-order valence-electron chi connectivity index (χ2n) is 6.06. The van der Waals surface area contributed by atoms with Crippen LogP contribution in [0, 0.1) is 17.0 Å². The number of amides is 1. The van der Waals surface area contributed by atoms with Gasteiger partial charge < -0.3 is 9.88 Å². The van der Waals surface area contributed by atoms with Crippen LogP contribution in [0.4, 0.5) is 11.4 Å². The maximum absolute atomic E-state index is 12.4. The fourth-order valence-electron chi connectivity index (χ4n) is 2.76. The van der Waals surface area contributed by atoms with Gasteiger partial charge in [-0.05, 0) is 13.0 Å². The second-order valence-corrected chi connectivity index (χ2v) is 6.06. The molecule has 1 amide bonds. The van der Waals surface area contributed by atoms with Gasteiger partial charge in [0.05, 0.1) is 11.3 Å². The summed E-state index contributed by atoms with van der Waals surface area (Å²) >= 11 is 0. The van der Waals surface area contributed by atoms with Crippen LogP contribution in [0.15, 0.2) is 34.1 Å². The maximum atomic E-state index is 12.4. The van der Waals surface area contributed by atoms with Gasteiger partial charge >= 0.3 is 5.69 Å². The molecule has 3 rings (SSSR count). The molecule has 0 saturated heterocycles. The van der Waals surface area contributed by atoms with Crippen molar-refractivity contribution in [2.75, 3.05) is 5.32 Å². The van der Waals surface area contributed by atoms with Gasteiger partial charge in [0, 0.05) is 31.4 Å². The number of nitrogens with zero attached hydrogens (tertiary/aromatic N) is 5. The number of nitro benzene ring substituents is 1. The molecule has 0 spiro atoms. The van der Waals surface area contributed by atoms with E-state index in [1.165, 1.54) is 41.7 Å². The number of imidazole rings is 1. The number of nitrogens with one attached hydrogen (secondary N) is 1. The molecular weight excluding hydrogens is 356 g/mol. The van der Waals surface area contributed by atoms with Crippen LogP contribution in [-0.4, -0.2) is 29.5 Å². The fourth-order valence-corrected chi connectivity index (χ4v) is 2.76. The van der Waals surface area contributed by atoms with Crippen LogP contribution >= 0.6 is 0 Å². The molecule has 0 unspecified atom stereocenters. The Labute approximate surface area is 151 Å². The number of anilines is 1. The Morgan fingerprint density at radius 2 is 1.96 bits per heavy atom. The quantitative estimate of drug-likeness (QED) is 0.517. The highest BCUT2D eigenvalue weighted by atomic mass is 16.6. The van der Waals surface area contributed by atoms with Gasteiger partial charge in [0.15, 0.2) is 11.2 Å². The summed E-state index contributed by atoms with van der Waals surface area (Å²) in [6.07, 6.45) is 1.29. The Morgan fingerprint density at radius 3 is 2.63 bits per heavy atom. The molecule has 11 heteroatoms. The van der Waals surface area contributed by atoms with E-state index in [1.54, 1.807) is 13.0 Å². The zero-order valence-corrected chi connectivity index (χ0v) is 14.8. The molecule has 27 heavy (non-hydrogen) atoms. The summed E-state index contributed by atoms with van der Waals surface area (Å²) in [6.45, 7) is 1.35. The molecule has 0 bridgehead atoms. The Morgan fingerprint density at radius 1 is 1.26 bits per heavy atom. The predicted octanol–water partition coefficient (Wildman–Crippen LogP) is 0.289.